The maximum atomic E-state index is 11.8. The second-order valence-electron chi connectivity index (χ2n) is 4.75. The number of hydrogen-bond donors (Lipinski definition) is 3. The standard InChI is InChI=1S/C14H19N3O4/c1-9(12(18)17(2)3)15-14(21)16-11(13(19)20)10-7-5-4-6-8-10/h4-9,11H,1-3H3,(H,19,20)(H2,15,16,21)/t9?,11-/m1/s1. The predicted molar refractivity (Wildman–Crippen MR) is 76.6 cm³/mol. The van der Waals surface area contributed by atoms with Gasteiger partial charge in [-0.2, -0.15) is 0 Å². The Bertz CT molecular complexity index is 516. The van der Waals surface area contributed by atoms with E-state index in [0.717, 1.165) is 0 Å². The first-order chi connectivity index (χ1) is 9.82. The Morgan fingerprint density at radius 2 is 1.67 bits per heavy atom. The van der Waals surface area contributed by atoms with Crippen LogP contribution in [-0.4, -0.2) is 48.1 Å². The van der Waals surface area contributed by atoms with Crippen LogP contribution in [0.4, 0.5) is 4.79 Å². The van der Waals surface area contributed by atoms with Crippen LogP contribution in [0.15, 0.2) is 30.3 Å². The summed E-state index contributed by atoms with van der Waals surface area (Å²) in [7, 11) is 3.14. The highest BCUT2D eigenvalue weighted by molar-refractivity contribution is 5.88. The van der Waals surface area contributed by atoms with Gasteiger partial charge >= 0.3 is 12.0 Å². The normalized spacial score (nSPS) is 12.9. The molecule has 1 unspecified atom stereocenters. The maximum absolute atomic E-state index is 11.8. The molecule has 3 N–H and O–H groups in total. The number of carboxylic acid groups (broad SMARTS) is 1. The number of carbonyl (C=O) groups excluding carboxylic acids is 2. The number of carbonyl (C=O) groups is 3. The van der Waals surface area contributed by atoms with Gasteiger partial charge in [0.05, 0.1) is 0 Å². The molecule has 0 fully saturated rings. The van der Waals surface area contributed by atoms with Crippen molar-refractivity contribution in [1.29, 1.82) is 0 Å². The molecular weight excluding hydrogens is 274 g/mol. The van der Waals surface area contributed by atoms with Crippen molar-refractivity contribution in [3.8, 4) is 0 Å². The quantitative estimate of drug-likeness (QED) is 0.740. The first-order valence-corrected chi connectivity index (χ1v) is 6.39. The van der Waals surface area contributed by atoms with E-state index in [0.29, 0.717) is 5.56 Å². The number of benzene rings is 1. The molecule has 3 amide bonds. The lowest BCUT2D eigenvalue weighted by Gasteiger charge is -2.20. The molecule has 0 saturated carbocycles. The van der Waals surface area contributed by atoms with E-state index >= 15 is 0 Å². The van der Waals surface area contributed by atoms with Crippen LogP contribution in [0.1, 0.15) is 18.5 Å². The van der Waals surface area contributed by atoms with Crippen LogP contribution in [0, 0.1) is 0 Å². The van der Waals surface area contributed by atoms with Crippen LogP contribution in [0.2, 0.25) is 0 Å². The lowest BCUT2D eigenvalue weighted by Crippen LogP contribution is -2.49. The first-order valence-electron chi connectivity index (χ1n) is 6.39. The molecule has 0 spiro atoms. The number of nitrogens with one attached hydrogen (secondary N) is 2. The van der Waals surface area contributed by atoms with Gasteiger partial charge in [0, 0.05) is 14.1 Å². The third kappa shape index (κ3) is 4.79. The van der Waals surface area contributed by atoms with Crippen molar-refractivity contribution in [3.05, 3.63) is 35.9 Å². The molecule has 114 valence electrons. The van der Waals surface area contributed by atoms with E-state index in [-0.39, 0.29) is 5.91 Å². The van der Waals surface area contributed by atoms with Crippen molar-refractivity contribution >= 4 is 17.9 Å². The van der Waals surface area contributed by atoms with Crippen LogP contribution < -0.4 is 10.6 Å². The van der Waals surface area contributed by atoms with Crippen molar-refractivity contribution < 1.29 is 19.5 Å². The van der Waals surface area contributed by atoms with Crippen molar-refractivity contribution in [1.82, 2.24) is 15.5 Å². The van der Waals surface area contributed by atoms with Gasteiger partial charge in [0.25, 0.3) is 0 Å². The molecular formula is C14H19N3O4. The van der Waals surface area contributed by atoms with E-state index < -0.39 is 24.1 Å². The number of amides is 3. The maximum Gasteiger partial charge on any atom is 0.330 e. The number of nitrogens with zero attached hydrogens (tertiary/aromatic N) is 1. The summed E-state index contributed by atoms with van der Waals surface area (Å²) in [5.74, 6) is -1.46. The molecule has 0 aliphatic carbocycles. The third-order valence-corrected chi connectivity index (χ3v) is 2.81. The second kappa shape index (κ2) is 7.28. The smallest absolute Gasteiger partial charge is 0.330 e. The molecule has 1 aromatic rings. The highest BCUT2D eigenvalue weighted by Gasteiger charge is 2.24. The minimum absolute atomic E-state index is 0.281. The Morgan fingerprint density at radius 3 is 2.14 bits per heavy atom. The average Bonchev–Trinajstić information content (AvgIpc) is 2.44. The topological polar surface area (TPSA) is 98.7 Å². The second-order valence-corrected chi connectivity index (χ2v) is 4.75. The van der Waals surface area contributed by atoms with Crippen molar-refractivity contribution in [2.45, 2.75) is 19.0 Å². The van der Waals surface area contributed by atoms with Gasteiger partial charge in [-0.1, -0.05) is 30.3 Å². The molecule has 7 nitrogen and oxygen atoms in total. The van der Waals surface area contributed by atoms with E-state index in [4.69, 9.17) is 0 Å². The summed E-state index contributed by atoms with van der Waals surface area (Å²) >= 11 is 0. The van der Waals surface area contributed by atoms with Gasteiger partial charge in [0.1, 0.15) is 6.04 Å². The zero-order chi connectivity index (χ0) is 16.0. The molecule has 0 aliphatic heterocycles. The van der Waals surface area contributed by atoms with Crippen LogP contribution in [0.5, 0.6) is 0 Å². The fourth-order valence-corrected chi connectivity index (χ4v) is 1.75. The van der Waals surface area contributed by atoms with Crippen molar-refractivity contribution in [2.24, 2.45) is 0 Å². The van der Waals surface area contributed by atoms with Crippen LogP contribution in [-0.2, 0) is 9.59 Å². The number of carboxylic acids is 1. The van der Waals surface area contributed by atoms with E-state index in [1.54, 1.807) is 44.4 Å². The fraction of sp³-hybridized carbons (Fsp3) is 0.357. The third-order valence-electron chi connectivity index (χ3n) is 2.81. The zero-order valence-corrected chi connectivity index (χ0v) is 12.2. The van der Waals surface area contributed by atoms with E-state index in [9.17, 15) is 19.5 Å². The van der Waals surface area contributed by atoms with Crippen LogP contribution in [0.25, 0.3) is 0 Å². The number of aliphatic carboxylic acids is 1. The minimum Gasteiger partial charge on any atom is -0.479 e. The summed E-state index contributed by atoms with van der Waals surface area (Å²) < 4.78 is 0. The molecule has 0 bridgehead atoms. The lowest BCUT2D eigenvalue weighted by molar-refractivity contribution is -0.139. The summed E-state index contributed by atoms with van der Waals surface area (Å²) in [6.45, 7) is 1.53. The largest absolute Gasteiger partial charge is 0.479 e. The SMILES string of the molecule is CC(NC(=O)N[C@@H](C(=O)O)c1ccccc1)C(=O)N(C)C. The molecule has 0 radical (unpaired) electrons. The Balaban J connectivity index is 2.71. The van der Waals surface area contributed by atoms with Gasteiger partial charge in [-0.3, -0.25) is 4.79 Å². The summed E-state index contributed by atoms with van der Waals surface area (Å²) in [4.78, 5) is 36.0. The number of hydrogen-bond acceptors (Lipinski definition) is 3. The molecule has 0 saturated heterocycles. The number of likely N-dealkylation sites (N-methyl/N-ethyl adjacent to an activating group) is 1. The molecule has 2 atom stereocenters. The Kier molecular flexibility index (Phi) is 5.71. The van der Waals surface area contributed by atoms with Crippen molar-refractivity contribution in [2.75, 3.05) is 14.1 Å². The van der Waals surface area contributed by atoms with Crippen LogP contribution >= 0.6 is 0 Å². The molecule has 7 heteroatoms. The van der Waals surface area contributed by atoms with E-state index in [1.807, 2.05) is 0 Å². The minimum atomic E-state index is -1.18. The summed E-state index contributed by atoms with van der Waals surface area (Å²) in [6.07, 6.45) is 0. The monoisotopic (exact) mass is 293 g/mol. The molecule has 1 rings (SSSR count). The Labute approximate surface area is 122 Å². The first kappa shape index (κ1) is 16.5. The van der Waals surface area contributed by atoms with Gasteiger partial charge in [-0.05, 0) is 12.5 Å². The van der Waals surface area contributed by atoms with E-state index in [2.05, 4.69) is 10.6 Å². The highest BCUT2D eigenvalue weighted by atomic mass is 16.4. The molecule has 1 aromatic carbocycles. The van der Waals surface area contributed by atoms with Crippen LogP contribution in [0.3, 0.4) is 0 Å². The fourth-order valence-electron chi connectivity index (χ4n) is 1.75. The number of urea groups is 1. The highest BCUT2D eigenvalue weighted by Crippen LogP contribution is 2.12. The number of rotatable bonds is 5. The summed E-state index contributed by atoms with van der Waals surface area (Å²) in [5.41, 5.74) is 0.451. The molecule has 0 heterocycles. The summed E-state index contributed by atoms with van der Waals surface area (Å²) in [6, 6.07) is 5.69. The van der Waals surface area contributed by atoms with E-state index in [1.165, 1.54) is 11.8 Å². The Hall–Kier alpha value is -2.57. The predicted octanol–water partition coefficient (Wildman–Crippen LogP) is 0.588. The molecule has 21 heavy (non-hydrogen) atoms. The van der Waals surface area contributed by atoms with Gasteiger partial charge in [-0.15, -0.1) is 0 Å². The van der Waals surface area contributed by atoms with Gasteiger partial charge in [-0.25, -0.2) is 9.59 Å². The van der Waals surface area contributed by atoms with Gasteiger partial charge in [0.15, 0.2) is 6.04 Å². The average molecular weight is 293 g/mol. The lowest BCUT2D eigenvalue weighted by atomic mass is 10.1. The molecule has 0 aromatic heterocycles. The van der Waals surface area contributed by atoms with Gasteiger partial charge in [0.2, 0.25) is 5.91 Å². The van der Waals surface area contributed by atoms with Crippen molar-refractivity contribution in [3.63, 3.8) is 0 Å². The molecule has 0 aliphatic rings. The summed E-state index contributed by atoms with van der Waals surface area (Å²) in [5, 5.41) is 13.9. The van der Waals surface area contributed by atoms with Gasteiger partial charge < -0.3 is 20.6 Å². The zero-order valence-electron chi connectivity index (χ0n) is 12.2. The Morgan fingerprint density at radius 1 is 1.10 bits per heavy atom.